The summed E-state index contributed by atoms with van der Waals surface area (Å²) < 4.78 is 16.6. The average Bonchev–Trinajstić information content (AvgIpc) is 2.79. The molecule has 172 valence electrons. The number of benzene rings is 1. The summed E-state index contributed by atoms with van der Waals surface area (Å²) >= 11 is 0. The maximum Gasteiger partial charge on any atom is 0.276 e. The lowest BCUT2D eigenvalue weighted by Gasteiger charge is -2.34. The van der Waals surface area contributed by atoms with Crippen LogP contribution in [0.4, 0.5) is 0 Å². The van der Waals surface area contributed by atoms with Crippen LogP contribution < -0.4 is 20.2 Å². The van der Waals surface area contributed by atoms with Gasteiger partial charge in [0.15, 0.2) is 11.4 Å². The first-order valence-corrected chi connectivity index (χ1v) is 9.75. The molecule has 2 amide bonds. The number of aliphatic hydroxyl groups is 1. The van der Waals surface area contributed by atoms with Crippen molar-refractivity contribution in [2.24, 2.45) is 0 Å². The number of hydrogen-bond acceptors (Lipinski definition) is 8. The molecule has 0 aliphatic carbocycles. The number of carbonyl (C=O) groups excluding carboxylic acids is 2. The lowest BCUT2D eigenvalue weighted by Crippen LogP contribution is -2.50. The van der Waals surface area contributed by atoms with Gasteiger partial charge in [-0.05, 0) is 12.1 Å². The normalized spacial score (nSPS) is 15.3. The minimum atomic E-state index is -1.20. The second-order valence-corrected chi connectivity index (χ2v) is 7.05. The molecule has 1 aromatic heterocycles. The highest BCUT2D eigenvalue weighted by Gasteiger charge is 2.35. The molecule has 1 aliphatic rings. The fourth-order valence-electron chi connectivity index (χ4n) is 3.43. The van der Waals surface area contributed by atoms with Crippen LogP contribution in [0.2, 0.25) is 0 Å². The van der Waals surface area contributed by atoms with Gasteiger partial charge in [0.05, 0.1) is 27.4 Å². The van der Waals surface area contributed by atoms with Gasteiger partial charge in [0.25, 0.3) is 11.8 Å². The molecule has 1 unspecified atom stereocenters. The van der Waals surface area contributed by atoms with Gasteiger partial charge in [-0.3, -0.25) is 14.4 Å². The Labute approximate surface area is 183 Å². The van der Waals surface area contributed by atoms with E-state index in [9.17, 15) is 24.6 Å². The largest absolute Gasteiger partial charge is 0.503 e. The number of carbonyl (C=O) groups is 2. The summed E-state index contributed by atoms with van der Waals surface area (Å²) in [5.74, 6) is -1.26. The molecular formula is C21H25N3O8. The van der Waals surface area contributed by atoms with Crippen LogP contribution >= 0.6 is 0 Å². The van der Waals surface area contributed by atoms with E-state index in [-0.39, 0.29) is 37.5 Å². The predicted molar refractivity (Wildman–Crippen MR) is 112 cm³/mol. The summed E-state index contributed by atoms with van der Waals surface area (Å²) in [6.07, 6.45) is -0.0428. The number of rotatable bonds is 8. The SMILES string of the molecule is COCCN1C(=O)c2c(O)c(=O)c(C(=O)NCc3ccc(OC)cc3OC)cn2CC1O. The molecule has 0 spiro atoms. The molecule has 1 aromatic carbocycles. The second-order valence-electron chi connectivity index (χ2n) is 7.05. The van der Waals surface area contributed by atoms with Crippen molar-refractivity contribution in [1.82, 2.24) is 14.8 Å². The lowest BCUT2D eigenvalue weighted by molar-refractivity contribution is -0.0206. The molecular weight excluding hydrogens is 422 g/mol. The number of aromatic hydroxyl groups is 1. The maximum atomic E-state index is 12.7. The van der Waals surface area contributed by atoms with Crippen LogP contribution in [0.3, 0.4) is 0 Å². The van der Waals surface area contributed by atoms with Gasteiger partial charge in [0.1, 0.15) is 23.3 Å². The highest BCUT2D eigenvalue weighted by Crippen LogP contribution is 2.25. The Kier molecular flexibility index (Phi) is 7.01. The zero-order chi connectivity index (χ0) is 23.4. The Balaban J connectivity index is 1.85. The molecule has 32 heavy (non-hydrogen) atoms. The third-order valence-corrected chi connectivity index (χ3v) is 5.15. The minimum absolute atomic E-state index is 0.0420. The third-order valence-electron chi connectivity index (χ3n) is 5.15. The van der Waals surface area contributed by atoms with Crippen molar-refractivity contribution >= 4 is 11.8 Å². The van der Waals surface area contributed by atoms with E-state index in [1.54, 1.807) is 18.2 Å². The van der Waals surface area contributed by atoms with E-state index in [2.05, 4.69) is 5.32 Å². The van der Waals surface area contributed by atoms with Gasteiger partial charge in [-0.25, -0.2) is 0 Å². The summed E-state index contributed by atoms with van der Waals surface area (Å²) in [5.41, 5.74) is -0.982. The highest BCUT2D eigenvalue weighted by atomic mass is 16.5. The topological polar surface area (TPSA) is 140 Å². The van der Waals surface area contributed by atoms with Gasteiger partial charge in [-0.2, -0.15) is 0 Å². The number of methoxy groups -OCH3 is 3. The molecule has 11 heteroatoms. The number of ether oxygens (including phenoxy) is 3. The van der Waals surface area contributed by atoms with Gasteiger partial charge in [-0.1, -0.05) is 0 Å². The number of amides is 2. The Morgan fingerprint density at radius 3 is 2.62 bits per heavy atom. The maximum absolute atomic E-state index is 12.7. The smallest absolute Gasteiger partial charge is 0.276 e. The Morgan fingerprint density at radius 1 is 1.22 bits per heavy atom. The zero-order valence-corrected chi connectivity index (χ0v) is 18.0. The number of aliphatic hydroxyl groups excluding tert-OH is 1. The first-order chi connectivity index (χ1) is 15.3. The highest BCUT2D eigenvalue weighted by molar-refractivity contribution is 5.99. The monoisotopic (exact) mass is 447 g/mol. The standard InChI is InChI=1S/C21H25N3O8/c1-30-7-6-24-16(25)11-23-10-14(18(26)19(27)17(23)21(24)29)20(28)22-9-12-4-5-13(31-2)8-15(12)32-3/h4-5,8,10,16,25,27H,6-7,9,11H2,1-3H3,(H,22,28). The van der Waals surface area contributed by atoms with Crippen LogP contribution in [-0.4, -0.2) is 72.2 Å². The summed E-state index contributed by atoms with van der Waals surface area (Å²) in [4.78, 5) is 39.1. The molecule has 11 nitrogen and oxygen atoms in total. The van der Waals surface area contributed by atoms with Crippen LogP contribution in [0.1, 0.15) is 26.4 Å². The van der Waals surface area contributed by atoms with E-state index in [0.29, 0.717) is 17.1 Å². The Bertz CT molecular complexity index is 1080. The molecule has 2 aromatic rings. The summed E-state index contributed by atoms with van der Waals surface area (Å²) in [6.45, 7) is 0.171. The van der Waals surface area contributed by atoms with Crippen LogP contribution in [0.15, 0.2) is 29.2 Å². The average molecular weight is 447 g/mol. The second kappa shape index (κ2) is 9.71. The summed E-state index contributed by atoms with van der Waals surface area (Å²) in [7, 11) is 4.44. The van der Waals surface area contributed by atoms with Gasteiger partial charge >= 0.3 is 0 Å². The van der Waals surface area contributed by atoms with E-state index >= 15 is 0 Å². The Hall–Kier alpha value is -3.57. The molecule has 1 atom stereocenters. The summed E-state index contributed by atoms with van der Waals surface area (Å²) in [5, 5.41) is 23.3. The van der Waals surface area contributed by atoms with E-state index in [0.717, 1.165) is 11.1 Å². The number of hydrogen-bond donors (Lipinski definition) is 3. The van der Waals surface area contributed by atoms with Gasteiger partial charge in [-0.15, -0.1) is 0 Å². The third kappa shape index (κ3) is 4.39. The summed E-state index contributed by atoms with van der Waals surface area (Å²) in [6, 6.07) is 5.06. The van der Waals surface area contributed by atoms with E-state index in [4.69, 9.17) is 14.2 Å². The van der Waals surface area contributed by atoms with Crippen LogP contribution in [0.25, 0.3) is 0 Å². The van der Waals surface area contributed by atoms with Crippen LogP contribution in [0, 0.1) is 0 Å². The zero-order valence-electron chi connectivity index (χ0n) is 18.0. The van der Waals surface area contributed by atoms with Crippen LogP contribution in [0.5, 0.6) is 17.2 Å². The van der Waals surface area contributed by atoms with Crippen molar-refractivity contribution in [3.05, 3.63) is 51.4 Å². The van der Waals surface area contributed by atoms with Crippen molar-refractivity contribution in [3.63, 3.8) is 0 Å². The minimum Gasteiger partial charge on any atom is -0.503 e. The van der Waals surface area contributed by atoms with E-state index in [1.807, 2.05) is 0 Å². The predicted octanol–water partition coefficient (Wildman–Crippen LogP) is -0.0783. The first-order valence-electron chi connectivity index (χ1n) is 9.75. The molecule has 0 fully saturated rings. The molecule has 1 aliphatic heterocycles. The van der Waals surface area contributed by atoms with E-state index < -0.39 is 29.2 Å². The first kappa shape index (κ1) is 23.1. The van der Waals surface area contributed by atoms with Crippen molar-refractivity contribution in [2.75, 3.05) is 34.5 Å². The van der Waals surface area contributed by atoms with Crippen molar-refractivity contribution < 1.29 is 34.0 Å². The number of nitrogens with zero attached hydrogens (tertiary/aromatic N) is 2. The Morgan fingerprint density at radius 2 is 1.97 bits per heavy atom. The molecule has 3 N–H and O–H groups in total. The molecule has 0 saturated heterocycles. The number of nitrogens with one attached hydrogen (secondary N) is 1. The molecule has 2 heterocycles. The molecule has 3 rings (SSSR count). The molecule has 0 saturated carbocycles. The van der Waals surface area contributed by atoms with Crippen LogP contribution in [-0.2, 0) is 17.8 Å². The quantitative estimate of drug-likeness (QED) is 0.511. The van der Waals surface area contributed by atoms with Gasteiger partial charge in [0, 0.05) is 38.0 Å². The fraction of sp³-hybridized carbons (Fsp3) is 0.381. The number of aromatic nitrogens is 1. The van der Waals surface area contributed by atoms with Crippen molar-refractivity contribution in [3.8, 4) is 17.2 Å². The van der Waals surface area contributed by atoms with Gasteiger partial charge in [0.2, 0.25) is 5.43 Å². The fourth-order valence-corrected chi connectivity index (χ4v) is 3.43. The lowest BCUT2D eigenvalue weighted by atomic mass is 10.1. The van der Waals surface area contributed by atoms with Crippen molar-refractivity contribution in [2.45, 2.75) is 19.3 Å². The molecule has 0 radical (unpaired) electrons. The van der Waals surface area contributed by atoms with Crippen molar-refractivity contribution in [1.29, 1.82) is 0 Å². The van der Waals surface area contributed by atoms with E-state index in [1.165, 1.54) is 25.9 Å². The van der Waals surface area contributed by atoms with Gasteiger partial charge < -0.3 is 39.2 Å². The number of pyridine rings is 1. The molecule has 0 bridgehead atoms. The number of fused-ring (bicyclic) bond motifs is 1.